The zero-order chi connectivity index (χ0) is 61.1. The van der Waals surface area contributed by atoms with E-state index in [2.05, 4.69) is 67.6 Å². The summed E-state index contributed by atoms with van der Waals surface area (Å²) in [5.41, 5.74) is 13.6. The fourth-order valence-corrected chi connectivity index (χ4v) is 12.3. The summed E-state index contributed by atoms with van der Waals surface area (Å²) in [4.78, 5) is 52.2. The third-order valence-electron chi connectivity index (χ3n) is 15.9. The lowest BCUT2D eigenvalue weighted by Crippen LogP contribution is -2.42. The molecule has 0 bridgehead atoms. The summed E-state index contributed by atoms with van der Waals surface area (Å²) in [5, 5.41) is 19.6. The standard InChI is InChI=1S/C66H123N12O6P/c1-4-7-10-12-14-16-18-20-22-24-26-28-30-34-53-83-85(82,84-54-35-31-29-27-25-23-21-19-17-15-13-11-8-5-2)55-38-52-71-59(43-44-60(79)72-51-37-49-70-47-33-32-46-69-48-36-45-67)64(80)74-58-41-39-57(40-42-58)56-78-63-61(75-66(78)81)62(68)76-65(77-63)73-50-9-6-3/h39-42,59,69-71H,4-38,43-56,67H2,1-3H3,(H,72,79)(H,74,80)(H,75,81)(H3,68,73,76,77)/t59-/m0/s1. The van der Waals surface area contributed by atoms with Crippen LogP contribution in [-0.4, -0.2) is 109 Å². The Hall–Kier alpha value is -3.90. The highest BCUT2D eigenvalue weighted by atomic mass is 31.2. The minimum absolute atomic E-state index is 0.116. The molecule has 0 aliphatic heterocycles. The van der Waals surface area contributed by atoms with E-state index >= 15 is 0 Å². The van der Waals surface area contributed by atoms with Gasteiger partial charge in [-0.05, 0) is 115 Å². The number of nitrogens with one attached hydrogen (secondary N) is 7. The molecule has 488 valence electrons. The van der Waals surface area contributed by atoms with E-state index in [1.807, 2.05) is 12.1 Å². The van der Waals surface area contributed by atoms with E-state index in [1.165, 1.54) is 146 Å². The van der Waals surface area contributed by atoms with Crippen molar-refractivity contribution in [2.75, 3.05) is 88.1 Å². The number of fused-ring (bicyclic) bond motifs is 1. The number of nitrogens with zero attached hydrogens (tertiary/aromatic N) is 3. The van der Waals surface area contributed by atoms with Crippen molar-refractivity contribution in [3.8, 4) is 0 Å². The third-order valence-corrected chi connectivity index (χ3v) is 18.0. The van der Waals surface area contributed by atoms with E-state index in [0.717, 1.165) is 109 Å². The first-order valence-electron chi connectivity index (χ1n) is 34.5. The average molecular weight is 1210 g/mol. The summed E-state index contributed by atoms with van der Waals surface area (Å²) in [5.74, 6) is 0.157. The molecule has 0 saturated heterocycles. The number of H-pyrrole nitrogens is 1. The van der Waals surface area contributed by atoms with E-state index in [-0.39, 0.29) is 48.9 Å². The smallest absolute Gasteiger partial charge is 0.330 e. The highest BCUT2D eigenvalue weighted by molar-refractivity contribution is 7.53. The van der Waals surface area contributed by atoms with Crippen LogP contribution < -0.4 is 49.1 Å². The van der Waals surface area contributed by atoms with E-state index in [9.17, 15) is 18.9 Å². The Morgan fingerprint density at radius 3 is 1.60 bits per heavy atom. The zero-order valence-electron chi connectivity index (χ0n) is 53.9. The number of anilines is 3. The van der Waals surface area contributed by atoms with Gasteiger partial charge in [0.2, 0.25) is 17.8 Å². The fourth-order valence-electron chi connectivity index (χ4n) is 10.6. The molecule has 85 heavy (non-hydrogen) atoms. The second kappa shape index (κ2) is 51.0. The molecular weight excluding hydrogens is 1090 g/mol. The molecule has 2 amide bonds. The summed E-state index contributed by atoms with van der Waals surface area (Å²) in [7, 11) is -3.40. The molecule has 0 aliphatic rings. The van der Waals surface area contributed by atoms with E-state index in [1.54, 1.807) is 12.1 Å². The van der Waals surface area contributed by atoms with Crippen LogP contribution in [0.2, 0.25) is 0 Å². The first-order valence-corrected chi connectivity index (χ1v) is 36.2. The third kappa shape index (κ3) is 37.5. The molecule has 19 heteroatoms. The number of aromatic nitrogens is 4. The number of rotatable bonds is 60. The second-order valence-corrected chi connectivity index (χ2v) is 25.9. The van der Waals surface area contributed by atoms with Gasteiger partial charge in [-0.15, -0.1) is 0 Å². The van der Waals surface area contributed by atoms with Gasteiger partial charge in [-0.1, -0.05) is 206 Å². The molecule has 3 aromatic rings. The number of imidazole rings is 1. The molecule has 1 aromatic carbocycles. The highest BCUT2D eigenvalue weighted by Gasteiger charge is 2.26. The van der Waals surface area contributed by atoms with E-state index < -0.39 is 13.6 Å². The number of aromatic amines is 1. The molecule has 0 aliphatic carbocycles. The number of nitrogen functional groups attached to an aromatic ring is 1. The molecule has 2 aromatic heterocycles. The molecule has 0 spiro atoms. The van der Waals surface area contributed by atoms with Crippen LogP contribution >= 0.6 is 7.60 Å². The van der Waals surface area contributed by atoms with Crippen LogP contribution in [0, 0.1) is 0 Å². The van der Waals surface area contributed by atoms with Crippen molar-refractivity contribution in [3.63, 3.8) is 0 Å². The lowest BCUT2D eigenvalue weighted by atomic mass is 10.0. The van der Waals surface area contributed by atoms with Gasteiger partial charge in [0.25, 0.3) is 0 Å². The molecule has 2 heterocycles. The summed E-state index contributed by atoms with van der Waals surface area (Å²) >= 11 is 0. The number of hydrogen-bond acceptors (Lipinski definition) is 14. The number of amides is 2. The maximum atomic E-state index is 14.4. The number of carbonyl (C=O) groups is 2. The molecule has 0 radical (unpaired) electrons. The second-order valence-electron chi connectivity index (χ2n) is 23.8. The Morgan fingerprint density at radius 2 is 1.08 bits per heavy atom. The number of hydrogen-bond donors (Lipinski definition) is 9. The molecule has 0 fully saturated rings. The SMILES string of the molecule is CCCCCCCCCCCCCCCCOP(=O)(CCCN[C@@H](CCC(=O)NCCCNCCCCNCCCN)C(=O)Nc1ccc(Cn2c(=O)[nH]c3c(N)nc(NCCCC)nc32)cc1)OCCCCCCCCCCCCCCCC. The maximum absolute atomic E-state index is 14.4. The van der Waals surface area contributed by atoms with Gasteiger partial charge in [0.1, 0.15) is 5.52 Å². The minimum atomic E-state index is -3.40. The Balaban J connectivity index is 1.57. The van der Waals surface area contributed by atoms with Crippen molar-refractivity contribution >= 4 is 48.0 Å². The van der Waals surface area contributed by atoms with Crippen molar-refractivity contribution in [2.45, 2.75) is 271 Å². The Labute approximate surface area is 514 Å². The Kier molecular flexibility index (Phi) is 45.2. The molecular formula is C66H123N12O6P. The van der Waals surface area contributed by atoms with Gasteiger partial charge >= 0.3 is 13.3 Å². The van der Waals surface area contributed by atoms with Gasteiger partial charge in [-0.25, -0.2) is 4.79 Å². The first kappa shape index (κ1) is 75.4. The van der Waals surface area contributed by atoms with Gasteiger partial charge in [-0.2, -0.15) is 9.97 Å². The van der Waals surface area contributed by atoms with Crippen LogP contribution in [-0.2, 0) is 29.7 Å². The lowest BCUT2D eigenvalue weighted by molar-refractivity contribution is -0.121. The van der Waals surface area contributed by atoms with E-state index in [4.69, 9.17) is 20.5 Å². The van der Waals surface area contributed by atoms with Gasteiger partial charge in [0.15, 0.2) is 11.5 Å². The van der Waals surface area contributed by atoms with E-state index in [0.29, 0.717) is 68.6 Å². The monoisotopic (exact) mass is 1210 g/mol. The van der Waals surface area contributed by atoms with Gasteiger partial charge in [0, 0.05) is 25.2 Å². The normalized spacial score (nSPS) is 12.1. The Bertz CT molecular complexity index is 2170. The highest BCUT2D eigenvalue weighted by Crippen LogP contribution is 2.49. The maximum Gasteiger partial charge on any atom is 0.330 e. The van der Waals surface area contributed by atoms with Crippen LogP contribution in [0.15, 0.2) is 29.1 Å². The van der Waals surface area contributed by atoms with Gasteiger partial charge in [-0.3, -0.25) is 18.7 Å². The topological polar surface area (TPSA) is 257 Å². The molecule has 18 nitrogen and oxygen atoms in total. The first-order chi connectivity index (χ1) is 41.6. The number of unbranched alkanes of at least 4 members (excludes halogenated alkanes) is 28. The summed E-state index contributed by atoms with van der Waals surface area (Å²) < 4.78 is 28.3. The molecule has 0 saturated carbocycles. The van der Waals surface area contributed by atoms with Crippen molar-refractivity contribution in [1.82, 2.24) is 40.8 Å². The number of carbonyl (C=O) groups excluding carboxylic acids is 2. The fraction of sp³-hybridized carbons (Fsp3) is 0.803. The van der Waals surface area contributed by atoms with Crippen LogP contribution in [0.1, 0.15) is 264 Å². The van der Waals surface area contributed by atoms with Crippen LogP contribution in [0.3, 0.4) is 0 Å². The predicted octanol–water partition coefficient (Wildman–Crippen LogP) is 14.0. The largest absolute Gasteiger partial charge is 0.382 e. The quantitative estimate of drug-likeness (QED) is 0.0188. The van der Waals surface area contributed by atoms with Crippen molar-refractivity contribution < 1.29 is 23.2 Å². The molecule has 3 rings (SSSR count). The molecule has 1 atom stereocenters. The average Bonchev–Trinajstić information content (AvgIpc) is 3.47. The summed E-state index contributed by atoms with van der Waals surface area (Å²) in [6.45, 7) is 13.7. The van der Waals surface area contributed by atoms with Crippen molar-refractivity contribution in [1.29, 1.82) is 0 Å². The van der Waals surface area contributed by atoms with Crippen molar-refractivity contribution in [2.24, 2.45) is 5.73 Å². The molecule has 0 unspecified atom stereocenters. The summed E-state index contributed by atoms with van der Waals surface area (Å²) in [6.07, 6.45) is 42.5. The lowest BCUT2D eigenvalue weighted by Gasteiger charge is -2.21. The predicted molar refractivity (Wildman–Crippen MR) is 357 cm³/mol. The van der Waals surface area contributed by atoms with Crippen LogP contribution in [0.5, 0.6) is 0 Å². The zero-order valence-corrected chi connectivity index (χ0v) is 54.8. The van der Waals surface area contributed by atoms with Crippen LogP contribution in [0.4, 0.5) is 17.5 Å². The Morgan fingerprint density at radius 1 is 0.588 bits per heavy atom. The number of nitrogens with two attached hydrogens (primary N) is 2. The molecule has 11 N–H and O–H groups in total. The van der Waals surface area contributed by atoms with Gasteiger partial charge in [0.05, 0.1) is 32.0 Å². The van der Waals surface area contributed by atoms with Crippen molar-refractivity contribution in [3.05, 3.63) is 40.3 Å². The minimum Gasteiger partial charge on any atom is -0.382 e. The number of benzene rings is 1. The van der Waals surface area contributed by atoms with Gasteiger partial charge < -0.3 is 57.4 Å². The van der Waals surface area contributed by atoms with Crippen LogP contribution in [0.25, 0.3) is 11.2 Å². The summed E-state index contributed by atoms with van der Waals surface area (Å²) in [6, 6.07) is 6.60.